The molecule has 0 fully saturated rings. The van der Waals surface area contributed by atoms with Crippen LogP contribution < -0.4 is 0 Å². The zero-order chi connectivity index (χ0) is 11.8. The molecule has 0 amide bonds. The molecular weight excluding hydrogens is 232 g/mol. The summed E-state index contributed by atoms with van der Waals surface area (Å²) in [7, 11) is 0. The van der Waals surface area contributed by atoms with Crippen LogP contribution in [0.3, 0.4) is 0 Å². The Bertz CT molecular complexity index is 731. The van der Waals surface area contributed by atoms with Crippen molar-refractivity contribution >= 4 is 38.4 Å². The lowest BCUT2D eigenvalue weighted by molar-refractivity contribution is 0.108. The van der Waals surface area contributed by atoms with E-state index < -0.39 is 5.24 Å². The first kappa shape index (κ1) is 10.3. The van der Waals surface area contributed by atoms with Gasteiger partial charge in [-0.25, -0.2) is 0 Å². The van der Waals surface area contributed by atoms with E-state index in [1.807, 2.05) is 36.4 Å². The van der Waals surface area contributed by atoms with Crippen LogP contribution in [-0.4, -0.2) is 5.24 Å². The Morgan fingerprint density at radius 1 is 0.824 bits per heavy atom. The van der Waals surface area contributed by atoms with Crippen LogP contribution in [0.4, 0.5) is 0 Å². The number of halogens is 1. The largest absolute Gasteiger partial charge is 0.276 e. The summed E-state index contributed by atoms with van der Waals surface area (Å²) in [4.78, 5) is 11.4. The summed E-state index contributed by atoms with van der Waals surface area (Å²) in [6.07, 6.45) is 0. The highest BCUT2D eigenvalue weighted by atomic mass is 35.5. The van der Waals surface area contributed by atoms with Crippen LogP contribution in [0.1, 0.15) is 10.4 Å². The lowest BCUT2D eigenvalue weighted by Gasteiger charge is -2.05. The number of carbonyl (C=O) groups is 1. The number of fused-ring (bicyclic) bond motifs is 2. The molecule has 0 radical (unpaired) electrons. The van der Waals surface area contributed by atoms with Gasteiger partial charge in [0.25, 0.3) is 5.24 Å². The van der Waals surface area contributed by atoms with E-state index in [-0.39, 0.29) is 0 Å². The van der Waals surface area contributed by atoms with Crippen LogP contribution in [0.2, 0.25) is 0 Å². The molecule has 0 heterocycles. The van der Waals surface area contributed by atoms with Gasteiger partial charge in [-0.3, -0.25) is 4.79 Å². The van der Waals surface area contributed by atoms with E-state index in [4.69, 9.17) is 11.6 Å². The Labute approximate surface area is 104 Å². The first-order valence-corrected chi connectivity index (χ1v) is 5.75. The van der Waals surface area contributed by atoms with Gasteiger partial charge in [0.15, 0.2) is 0 Å². The highest BCUT2D eigenvalue weighted by Crippen LogP contribution is 2.26. The molecule has 3 rings (SSSR count). The first-order chi connectivity index (χ1) is 8.25. The van der Waals surface area contributed by atoms with Crippen molar-refractivity contribution in [1.82, 2.24) is 0 Å². The van der Waals surface area contributed by atoms with E-state index in [0.29, 0.717) is 5.56 Å². The van der Waals surface area contributed by atoms with Gasteiger partial charge in [-0.05, 0) is 51.3 Å². The van der Waals surface area contributed by atoms with Crippen molar-refractivity contribution in [2.45, 2.75) is 0 Å². The fourth-order valence-electron chi connectivity index (χ4n) is 2.14. The molecule has 3 aromatic rings. The SMILES string of the molecule is O=C(Cl)c1cccc2cc3ccccc3cc12. The van der Waals surface area contributed by atoms with Crippen molar-refractivity contribution in [3.05, 3.63) is 60.2 Å². The van der Waals surface area contributed by atoms with Crippen molar-refractivity contribution in [3.63, 3.8) is 0 Å². The normalized spacial score (nSPS) is 10.9. The second-order valence-corrected chi connectivity index (χ2v) is 4.34. The molecule has 17 heavy (non-hydrogen) atoms. The summed E-state index contributed by atoms with van der Waals surface area (Å²) in [5.74, 6) is 0. The Kier molecular flexibility index (Phi) is 2.34. The summed E-state index contributed by atoms with van der Waals surface area (Å²) in [5, 5.41) is 3.82. The lowest BCUT2D eigenvalue weighted by atomic mass is 10.0. The van der Waals surface area contributed by atoms with Crippen LogP contribution >= 0.6 is 11.6 Å². The van der Waals surface area contributed by atoms with Crippen LogP contribution in [0.5, 0.6) is 0 Å². The monoisotopic (exact) mass is 240 g/mol. The van der Waals surface area contributed by atoms with E-state index in [1.54, 1.807) is 6.07 Å². The van der Waals surface area contributed by atoms with Gasteiger partial charge in [-0.2, -0.15) is 0 Å². The average Bonchev–Trinajstić information content (AvgIpc) is 2.35. The fraction of sp³-hybridized carbons (Fsp3) is 0. The number of rotatable bonds is 1. The molecule has 3 aromatic carbocycles. The van der Waals surface area contributed by atoms with Crippen molar-refractivity contribution in [3.8, 4) is 0 Å². The minimum Gasteiger partial charge on any atom is -0.276 e. The number of hydrogen-bond donors (Lipinski definition) is 0. The average molecular weight is 241 g/mol. The quantitative estimate of drug-likeness (QED) is 0.456. The maximum atomic E-state index is 11.4. The van der Waals surface area contributed by atoms with E-state index in [2.05, 4.69) is 12.1 Å². The second kappa shape index (κ2) is 3.86. The van der Waals surface area contributed by atoms with Gasteiger partial charge in [-0.1, -0.05) is 36.4 Å². The second-order valence-electron chi connectivity index (χ2n) is 4.00. The predicted molar refractivity (Wildman–Crippen MR) is 71.6 cm³/mol. The Morgan fingerprint density at radius 2 is 1.47 bits per heavy atom. The molecule has 1 nitrogen and oxygen atoms in total. The third-order valence-electron chi connectivity index (χ3n) is 2.96. The highest BCUT2D eigenvalue weighted by molar-refractivity contribution is 6.68. The Morgan fingerprint density at radius 3 is 2.18 bits per heavy atom. The van der Waals surface area contributed by atoms with Gasteiger partial charge in [0.05, 0.1) is 0 Å². The number of hydrogen-bond acceptors (Lipinski definition) is 1. The van der Waals surface area contributed by atoms with Crippen molar-refractivity contribution in [2.24, 2.45) is 0 Å². The maximum Gasteiger partial charge on any atom is 0.253 e. The van der Waals surface area contributed by atoms with Crippen molar-refractivity contribution in [1.29, 1.82) is 0 Å². The number of benzene rings is 3. The summed E-state index contributed by atoms with van der Waals surface area (Å²) < 4.78 is 0. The molecule has 2 heteroatoms. The Balaban J connectivity index is 2.47. The van der Waals surface area contributed by atoms with Crippen LogP contribution in [-0.2, 0) is 0 Å². The summed E-state index contributed by atoms with van der Waals surface area (Å²) in [5.41, 5.74) is 0.565. The number of carbonyl (C=O) groups excluding carboxylic acids is 1. The molecule has 0 atom stereocenters. The van der Waals surface area contributed by atoms with Gasteiger partial charge < -0.3 is 0 Å². The van der Waals surface area contributed by atoms with Gasteiger partial charge in [-0.15, -0.1) is 0 Å². The van der Waals surface area contributed by atoms with Gasteiger partial charge in [0.1, 0.15) is 0 Å². The predicted octanol–water partition coefficient (Wildman–Crippen LogP) is 4.37. The molecule has 0 spiro atoms. The summed E-state index contributed by atoms with van der Waals surface area (Å²) in [6, 6.07) is 17.8. The molecule has 0 saturated carbocycles. The molecule has 0 aliphatic rings. The Hall–Kier alpha value is -1.86. The van der Waals surface area contributed by atoms with Crippen LogP contribution in [0.15, 0.2) is 54.6 Å². The van der Waals surface area contributed by atoms with Crippen LogP contribution in [0.25, 0.3) is 21.5 Å². The van der Waals surface area contributed by atoms with Crippen molar-refractivity contribution in [2.75, 3.05) is 0 Å². The molecule has 0 N–H and O–H groups in total. The summed E-state index contributed by atoms with van der Waals surface area (Å²) in [6.45, 7) is 0. The zero-order valence-corrected chi connectivity index (χ0v) is 9.74. The topological polar surface area (TPSA) is 17.1 Å². The van der Waals surface area contributed by atoms with Gasteiger partial charge in [0.2, 0.25) is 0 Å². The van der Waals surface area contributed by atoms with E-state index in [9.17, 15) is 4.79 Å². The molecule has 0 unspecified atom stereocenters. The lowest BCUT2D eigenvalue weighted by Crippen LogP contribution is -1.90. The van der Waals surface area contributed by atoms with Gasteiger partial charge >= 0.3 is 0 Å². The molecule has 0 aliphatic heterocycles. The first-order valence-electron chi connectivity index (χ1n) is 5.37. The van der Waals surface area contributed by atoms with Crippen molar-refractivity contribution < 1.29 is 4.79 Å². The summed E-state index contributed by atoms with van der Waals surface area (Å²) >= 11 is 5.59. The molecule has 0 bridgehead atoms. The zero-order valence-electron chi connectivity index (χ0n) is 8.98. The molecule has 0 aliphatic carbocycles. The minimum atomic E-state index is -0.411. The van der Waals surface area contributed by atoms with E-state index in [0.717, 1.165) is 16.2 Å². The molecule has 0 saturated heterocycles. The van der Waals surface area contributed by atoms with E-state index in [1.165, 1.54) is 5.39 Å². The fourth-order valence-corrected chi connectivity index (χ4v) is 2.30. The smallest absolute Gasteiger partial charge is 0.253 e. The maximum absolute atomic E-state index is 11.4. The molecular formula is C15H9ClO. The van der Waals surface area contributed by atoms with E-state index >= 15 is 0 Å². The minimum absolute atomic E-state index is 0.411. The van der Waals surface area contributed by atoms with Crippen LogP contribution in [0, 0.1) is 0 Å². The molecule has 82 valence electrons. The molecule has 0 aromatic heterocycles. The van der Waals surface area contributed by atoms with Gasteiger partial charge in [0, 0.05) is 5.56 Å². The highest BCUT2D eigenvalue weighted by Gasteiger charge is 2.07. The third-order valence-corrected chi connectivity index (χ3v) is 3.16. The third kappa shape index (κ3) is 1.69. The standard InChI is InChI=1S/C15H9ClO/c16-15(17)13-7-3-6-12-8-10-4-1-2-5-11(10)9-14(12)13/h1-9H.